The van der Waals surface area contributed by atoms with E-state index in [0.717, 1.165) is 12.0 Å². The van der Waals surface area contributed by atoms with E-state index in [2.05, 4.69) is 20.6 Å². The van der Waals surface area contributed by atoms with Gasteiger partial charge >= 0.3 is 0 Å². The van der Waals surface area contributed by atoms with Gasteiger partial charge in [0.2, 0.25) is 0 Å². The third-order valence-electron chi connectivity index (χ3n) is 2.37. The van der Waals surface area contributed by atoms with Crippen LogP contribution >= 0.6 is 0 Å². The first-order valence-corrected chi connectivity index (χ1v) is 5.21. The van der Waals surface area contributed by atoms with Gasteiger partial charge in [0.05, 0.1) is 12.4 Å². The normalized spacial score (nSPS) is 10.4. The van der Waals surface area contributed by atoms with Crippen molar-refractivity contribution >= 4 is 11.7 Å². The van der Waals surface area contributed by atoms with Crippen molar-refractivity contribution in [2.45, 2.75) is 6.42 Å². The fraction of sp³-hybridized carbons (Fsp3) is 0.300. The highest BCUT2D eigenvalue weighted by Crippen LogP contribution is 2.05. The highest BCUT2D eigenvalue weighted by Gasteiger charge is 2.10. The Morgan fingerprint density at radius 1 is 1.59 bits per heavy atom. The number of nitrogens with one attached hydrogen (secondary N) is 2. The van der Waals surface area contributed by atoms with Crippen molar-refractivity contribution in [2.75, 3.05) is 12.3 Å². The Morgan fingerprint density at radius 3 is 3.00 bits per heavy atom. The summed E-state index contributed by atoms with van der Waals surface area (Å²) in [5.74, 6) is 0.0593. The highest BCUT2D eigenvalue weighted by atomic mass is 16.1. The fourth-order valence-electron chi connectivity index (χ4n) is 1.49. The molecule has 0 unspecified atom stereocenters. The number of nitrogens with zero attached hydrogens (tertiary/aromatic N) is 3. The lowest BCUT2D eigenvalue weighted by Gasteiger charge is -2.02. The number of amides is 1. The van der Waals surface area contributed by atoms with Crippen LogP contribution in [0, 0.1) is 0 Å². The van der Waals surface area contributed by atoms with Gasteiger partial charge < -0.3 is 11.1 Å². The van der Waals surface area contributed by atoms with Crippen LogP contribution in [0.5, 0.6) is 0 Å². The number of aromatic amines is 1. The molecule has 17 heavy (non-hydrogen) atoms. The number of hydrogen-bond acceptors (Lipinski definition) is 4. The van der Waals surface area contributed by atoms with Gasteiger partial charge in [-0.1, -0.05) is 0 Å². The van der Waals surface area contributed by atoms with Gasteiger partial charge in [-0.3, -0.25) is 14.6 Å². The molecule has 2 aromatic heterocycles. The predicted molar refractivity (Wildman–Crippen MR) is 62.2 cm³/mol. The molecule has 7 heteroatoms. The molecule has 0 bridgehead atoms. The minimum Gasteiger partial charge on any atom is -0.383 e. The number of nitrogen functional groups attached to an aromatic ring is 1. The molecular weight excluding hydrogens is 220 g/mol. The van der Waals surface area contributed by atoms with Crippen LogP contribution in [0.2, 0.25) is 0 Å². The summed E-state index contributed by atoms with van der Waals surface area (Å²) >= 11 is 0. The molecule has 7 nitrogen and oxygen atoms in total. The maximum Gasteiger partial charge on any atom is 0.256 e. The zero-order valence-electron chi connectivity index (χ0n) is 9.47. The predicted octanol–water partition coefficient (Wildman–Crippen LogP) is -0.302. The van der Waals surface area contributed by atoms with E-state index < -0.39 is 0 Å². The summed E-state index contributed by atoms with van der Waals surface area (Å²) in [4.78, 5) is 11.7. The van der Waals surface area contributed by atoms with E-state index in [1.54, 1.807) is 10.9 Å². The van der Waals surface area contributed by atoms with Crippen LogP contribution in [-0.4, -0.2) is 32.4 Å². The Balaban J connectivity index is 1.83. The van der Waals surface area contributed by atoms with Crippen molar-refractivity contribution in [3.63, 3.8) is 0 Å². The van der Waals surface area contributed by atoms with Crippen LogP contribution in [0.3, 0.4) is 0 Å². The number of anilines is 1. The summed E-state index contributed by atoms with van der Waals surface area (Å²) < 4.78 is 1.73. The van der Waals surface area contributed by atoms with Gasteiger partial charge in [0.15, 0.2) is 0 Å². The van der Waals surface area contributed by atoms with Crippen LogP contribution in [0.15, 0.2) is 18.6 Å². The van der Waals surface area contributed by atoms with Crippen LogP contribution in [0.4, 0.5) is 5.82 Å². The first-order chi connectivity index (χ1) is 8.16. The molecule has 1 amide bonds. The molecule has 0 fully saturated rings. The van der Waals surface area contributed by atoms with E-state index in [-0.39, 0.29) is 11.7 Å². The Bertz CT molecular complexity index is 514. The van der Waals surface area contributed by atoms with Crippen molar-refractivity contribution < 1.29 is 4.79 Å². The lowest BCUT2D eigenvalue weighted by atomic mass is 10.2. The van der Waals surface area contributed by atoms with Gasteiger partial charge in [0.25, 0.3) is 5.91 Å². The van der Waals surface area contributed by atoms with Crippen LogP contribution in [0.1, 0.15) is 15.9 Å². The molecule has 4 N–H and O–H groups in total. The number of carbonyl (C=O) groups is 1. The third kappa shape index (κ3) is 2.63. The third-order valence-corrected chi connectivity index (χ3v) is 2.37. The minimum atomic E-state index is -0.222. The fourth-order valence-corrected chi connectivity index (χ4v) is 1.49. The summed E-state index contributed by atoms with van der Waals surface area (Å²) in [6, 6.07) is 0. The van der Waals surface area contributed by atoms with E-state index in [0.29, 0.717) is 12.1 Å². The van der Waals surface area contributed by atoms with Crippen molar-refractivity contribution in [3.8, 4) is 0 Å². The zero-order valence-corrected chi connectivity index (χ0v) is 9.47. The first kappa shape index (κ1) is 11.2. The highest BCUT2D eigenvalue weighted by molar-refractivity contribution is 5.98. The van der Waals surface area contributed by atoms with Gasteiger partial charge in [-0.2, -0.15) is 10.2 Å². The van der Waals surface area contributed by atoms with Crippen molar-refractivity contribution in [3.05, 3.63) is 29.7 Å². The summed E-state index contributed by atoms with van der Waals surface area (Å²) in [5, 5.41) is 13.0. The topological polar surface area (TPSA) is 102 Å². The average molecular weight is 234 g/mol. The van der Waals surface area contributed by atoms with Gasteiger partial charge in [-0.15, -0.1) is 0 Å². The second-order valence-electron chi connectivity index (χ2n) is 3.73. The van der Waals surface area contributed by atoms with Crippen LogP contribution < -0.4 is 11.1 Å². The Hall–Kier alpha value is -2.31. The van der Waals surface area contributed by atoms with E-state index >= 15 is 0 Å². The molecule has 0 saturated heterocycles. The maximum atomic E-state index is 11.7. The van der Waals surface area contributed by atoms with Crippen molar-refractivity contribution in [1.29, 1.82) is 0 Å². The number of hydrogen-bond donors (Lipinski definition) is 3. The van der Waals surface area contributed by atoms with E-state index in [9.17, 15) is 4.79 Å². The Kier molecular flexibility index (Phi) is 3.08. The quantitative estimate of drug-likeness (QED) is 0.675. The lowest BCUT2D eigenvalue weighted by Crippen LogP contribution is -2.26. The van der Waals surface area contributed by atoms with E-state index in [1.807, 2.05) is 13.2 Å². The van der Waals surface area contributed by atoms with Crippen molar-refractivity contribution in [2.24, 2.45) is 7.05 Å². The minimum absolute atomic E-state index is 0.222. The van der Waals surface area contributed by atoms with Gasteiger partial charge in [0.1, 0.15) is 11.4 Å². The molecule has 0 saturated carbocycles. The molecule has 2 heterocycles. The molecule has 90 valence electrons. The molecule has 2 rings (SSSR count). The Labute approximate surface area is 98.0 Å². The number of nitrogens with two attached hydrogens (primary N) is 1. The molecule has 0 aliphatic heterocycles. The standard InChI is InChI=1S/C10H14N6O/c1-16-6-7(4-14-16)2-3-12-10(17)8-5-13-15-9(8)11/h4-6H,2-3H2,1H3,(H,12,17)(H3,11,13,15). The number of H-pyrrole nitrogens is 1. The summed E-state index contributed by atoms with van der Waals surface area (Å²) in [6.45, 7) is 0.537. The number of rotatable bonds is 4. The van der Waals surface area contributed by atoms with Crippen LogP contribution in [0.25, 0.3) is 0 Å². The second kappa shape index (κ2) is 4.69. The molecule has 0 atom stereocenters. The van der Waals surface area contributed by atoms with Gasteiger partial charge in [-0.25, -0.2) is 0 Å². The molecule has 0 spiro atoms. The van der Waals surface area contributed by atoms with Crippen LogP contribution in [-0.2, 0) is 13.5 Å². The van der Waals surface area contributed by atoms with E-state index in [1.165, 1.54) is 6.20 Å². The molecule has 0 aromatic carbocycles. The van der Waals surface area contributed by atoms with Gasteiger partial charge in [-0.05, 0) is 12.0 Å². The maximum absolute atomic E-state index is 11.7. The molecule has 0 aliphatic rings. The number of carbonyl (C=O) groups excluding carboxylic acids is 1. The summed E-state index contributed by atoms with van der Waals surface area (Å²) in [6.07, 6.45) is 5.84. The first-order valence-electron chi connectivity index (χ1n) is 5.21. The molecule has 2 aromatic rings. The monoisotopic (exact) mass is 234 g/mol. The number of aryl methyl sites for hydroxylation is 1. The summed E-state index contributed by atoms with van der Waals surface area (Å²) in [7, 11) is 1.86. The summed E-state index contributed by atoms with van der Waals surface area (Å²) in [5.41, 5.74) is 6.98. The lowest BCUT2D eigenvalue weighted by molar-refractivity contribution is 0.0955. The average Bonchev–Trinajstić information content (AvgIpc) is 2.87. The molecular formula is C10H14N6O. The largest absolute Gasteiger partial charge is 0.383 e. The zero-order chi connectivity index (χ0) is 12.3. The smallest absolute Gasteiger partial charge is 0.256 e. The second-order valence-corrected chi connectivity index (χ2v) is 3.73. The van der Waals surface area contributed by atoms with Crippen molar-refractivity contribution in [1.82, 2.24) is 25.3 Å². The van der Waals surface area contributed by atoms with Gasteiger partial charge in [0, 0.05) is 19.8 Å². The SMILES string of the molecule is Cn1cc(CCNC(=O)c2cn[nH]c2N)cn1. The molecule has 0 aliphatic carbocycles. The Morgan fingerprint density at radius 2 is 2.41 bits per heavy atom. The number of aromatic nitrogens is 4. The van der Waals surface area contributed by atoms with E-state index in [4.69, 9.17) is 5.73 Å². The molecule has 0 radical (unpaired) electrons.